The normalized spacial score (nSPS) is 14.0. The van der Waals surface area contributed by atoms with Gasteiger partial charge in [-0.1, -0.05) is 17.7 Å². The first kappa shape index (κ1) is 14.4. The quantitative estimate of drug-likeness (QED) is 0.937. The Morgan fingerprint density at radius 2 is 2.15 bits per heavy atom. The fraction of sp³-hybridized carbons (Fsp3) is 0.333. The SMILES string of the molecule is CC(C(=O)O)C(C)n1nnnc1-c1cccc(F)c1Cl. The zero-order valence-corrected chi connectivity index (χ0v) is 11.5. The molecule has 2 atom stereocenters. The van der Waals surface area contributed by atoms with Crippen molar-refractivity contribution in [2.75, 3.05) is 0 Å². The smallest absolute Gasteiger partial charge is 0.308 e. The highest BCUT2D eigenvalue weighted by molar-refractivity contribution is 6.33. The second-order valence-corrected chi connectivity index (χ2v) is 4.79. The minimum absolute atomic E-state index is 0.0984. The first-order valence-electron chi connectivity index (χ1n) is 5.88. The third-order valence-corrected chi connectivity index (χ3v) is 3.57. The lowest BCUT2D eigenvalue weighted by atomic mass is 10.0. The molecule has 2 rings (SSSR count). The molecule has 1 aromatic heterocycles. The number of rotatable bonds is 4. The second kappa shape index (κ2) is 5.54. The van der Waals surface area contributed by atoms with Crippen molar-refractivity contribution in [1.29, 1.82) is 0 Å². The van der Waals surface area contributed by atoms with Gasteiger partial charge in [0.1, 0.15) is 5.82 Å². The molecule has 0 spiro atoms. The van der Waals surface area contributed by atoms with Crippen LogP contribution in [-0.4, -0.2) is 31.3 Å². The van der Waals surface area contributed by atoms with Gasteiger partial charge in [0.2, 0.25) is 0 Å². The molecule has 2 aromatic rings. The number of aliphatic carboxylic acids is 1. The van der Waals surface area contributed by atoms with Gasteiger partial charge < -0.3 is 5.11 Å². The number of benzene rings is 1. The van der Waals surface area contributed by atoms with Gasteiger partial charge in [-0.3, -0.25) is 4.79 Å². The summed E-state index contributed by atoms with van der Waals surface area (Å²) < 4.78 is 14.8. The van der Waals surface area contributed by atoms with Gasteiger partial charge in [0.15, 0.2) is 5.82 Å². The number of halogens is 2. The zero-order chi connectivity index (χ0) is 14.9. The Kier molecular flexibility index (Phi) is 3.99. The maximum atomic E-state index is 13.5. The average Bonchev–Trinajstić information content (AvgIpc) is 2.89. The molecule has 1 heterocycles. The van der Waals surface area contributed by atoms with Gasteiger partial charge in [-0.05, 0) is 36.4 Å². The van der Waals surface area contributed by atoms with Crippen LogP contribution in [0.15, 0.2) is 18.2 Å². The number of hydrogen-bond donors (Lipinski definition) is 1. The third-order valence-electron chi connectivity index (χ3n) is 3.18. The van der Waals surface area contributed by atoms with E-state index < -0.39 is 23.7 Å². The van der Waals surface area contributed by atoms with Gasteiger partial charge in [0.05, 0.1) is 17.0 Å². The topological polar surface area (TPSA) is 80.9 Å². The van der Waals surface area contributed by atoms with E-state index in [9.17, 15) is 9.18 Å². The van der Waals surface area contributed by atoms with Gasteiger partial charge in [-0.25, -0.2) is 9.07 Å². The molecule has 0 aliphatic carbocycles. The molecule has 1 N–H and O–H groups in total. The summed E-state index contributed by atoms with van der Waals surface area (Å²) in [5.41, 5.74) is 0.320. The predicted octanol–water partition coefficient (Wildman–Crippen LogP) is 2.41. The highest BCUT2D eigenvalue weighted by Crippen LogP contribution is 2.30. The molecule has 20 heavy (non-hydrogen) atoms. The predicted molar refractivity (Wildman–Crippen MR) is 69.7 cm³/mol. The summed E-state index contributed by atoms with van der Waals surface area (Å²) in [5, 5.41) is 20.1. The standard InChI is InChI=1S/C12H12ClFN4O2/c1-6(12(19)20)7(2)18-11(15-16-17-18)8-4-3-5-9(14)10(8)13/h3-7H,1-2H3,(H,19,20). The second-order valence-electron chi connectivity index (χ2n) is 4.42. The highest BCUT2D eigenvalue weighted by Gasteiger charge is 2.26. The van der Waals surface area contributed by atoms with E-state index in [0.717, 1.165) is 0 Å². The number of carboxylic acid groups (broad SMARTS) is 1. The lowest BCUT2D eigenvalue weighted by Crippen LogP contribution is -2.23. The lowest BCUT2D eigenvalue weighted by molar-refractivity contribution is -0.142. The number of hydrogen-bond acceptors (Lipinski definition) is 4. The Hall–Kier alpha value is -2.02. The molecule has 1 aromatic carbocycles. The fourth-order valence-electron chi connectivity index (χ4n) is 1.74. The van der Waals surface area contributed by atoms with Crippen LogP contribution >= 0.6 is 11.6 Å². The zero-order valence-electron chi connectivity index (χ0n) is 10.8. The summed E-state index contributed by atoms with van der Waals surface area (Å²) in [6, 6.07) is 3.78. The number of carbonyl (C=O) groups is 1. The third kappa shape index (κ3) is 2.49. The Morgan fingerprint density at radius 1 is 1.45 bits per heavy atom. The van der Waals surface area contributed by atoms with Crippen LogP contribution in [0.2, 0.25) is 5.02 Å². The van der Waals surface area contributed by atoms with Crippen LogP contribution in [0.3, 0.4) is 0 Å². The molecule has 0 bridgehead atoms. The van der Waals surface area contributed by atoms with Crippen LogP contribution in [0, 0.1) is 11.7 Å². The Bertz CT molecular complexity index is 646. The molecule has 2 unspecified atom stereocenters. The molecule has 8 heteroatoms. The lowest BCUT2D eigenvalue weighted by Gasteiger charge is -2.17. The molecule has 106 valence electrons. The minimum Gasteiger partial charge on any atom is -0.481 e. The summed E-state index contributed by atoms with van der Waals surface area (Å²) >= 11 is 5.90. The fourth-order valence-corrected chi connectivity index (χ4v) is 1.95. The van der Waals surface area contributed by atoms with E-state index in [1.165, 1.54) is 16.8 Å². The van der Waals surface area contributed by atoms with Crippen LogP contribution in [-0.2, 0) is 4.79 Å². The molecule has 0 saturated carbocycles. The molecular formula is C12H12ClFN4O2. The summed E-state index contributed by atoms with van der Waals surface area (Å²) in [7, 11) is 0. The van der Waals surface area contributed by atoms with E-state index >= 15 is 0 Å². The van der Waals surface area contributed by atoms with Gasteiger partial charge in [-0.15, -0.1) is 5.10 Å². The summed E-state index contributed by atoms with van der Waals surface area (Å²) in [4.78, 5) is 11.0. The molecule has 0 aliphatic rings. The van der Waals surface area contributed by atoms with Gasteiger partial charge in [0.25, 0.3) is 0 Å². The summed E-state index contributed by atoms with van der Waals surface area (Å²) in [6.45, 7) is 3.22. The number of nitrogens with zero attached hydrogens (tertiary/aromatic N) is 4. The molecule has 6 nitrogen and oxygen atoms in total. The van der Waals surface area contributed by atoms with Crippen molar-refractivity contribution in [3.63, 3.8) is 0 Å². The van der Waals surface area contributed by atoms with E-state index in [4.69, 9.17) is 16.7 Å². The maximum Gasteiger partial charge on any atom is 0.308 e. The molecule has 0 amide bonds. The minimum atomic E-state index is -0.968. The van der Waals surface area contributed by atoms with E-state index in [2.05, 4.69) is 15.5 Å². The van der Waals surface area contributed by atoms with E-state index in [0.29, 0.717) is 5.56 Å². The van der Waals surface area contributed by atoms with E-state index in [1.54, 1.807) is 19.9 Å². The van der Waals surface area contributed by atoms with Crippen LogP contribution in [0.5, 0.6) is 0 Å². The molecular weight excluding hydrogens is 287 g/mol. The van der Waals surface area contributed by atoms with Crippen LogP contribution in [0.25, 0.3) is 11.4 Å². The molecule has 0 radical (unpaired) electrons. The van der Waals surface area contributed by atoms with Crippen molar-refractivity contribution in [2.24, 2.45) is 5.92 Å². The van der Waals surface area contributed by atoms with E-state index in [-0.39, 0.29) is 10.8 Å². The Labute approximate surface area is 119 Å². The van der Waals surface area contributed by atoms with Gasteiger partial charge in [0, 0.05) is 5.56 Å². The van der Waals surface area contributed by atoms with Crippen molar-refractivity contribution in [1.82, 2.24) is 20.2 Å². The van der Waals surface area contributed by atoms with Crippen molar-refractivity contribution in [3.05, 3.63) is 29.0 Å². The highest BCUT2D eigenvalue weighted by atomic mass is 35.5. The Balaban J connectivity index is 2.48. The van der Waals surface area contributed by atoms with Crippen molar-refractivity contribution < 1.29 is 14.3 Å². The first-order chi connectivity index (χ1) is 9.43. The van der Waals surface area contributed by atoms with Gasteiger partial charge in [-0.2, -0.15) is 0 Å². The maximum absolute atomic E-state index is 13.5. The van der Waals surface area contributed by atoms with Crippen LogP contribution in [0.1, 0.15) is 19.9 Å². The van der Waals surface area contributed by atoms with Crippen molar-refractivity contribution in [2.45, 2.75) is 19.9 Å². The number of aromatic nitrogens is 4. The van der Waals surface area contributed by atoms with E-state index in [1.807, 2.05) is 0 Å². The first-order valence-corrected chi connectivity index (χ1v) is 6.26. The van der Waals surface area contributed by atoms with Crippen LogP contribution < -0.4 is 0 Å². The average molecular weight is 299 g/mol. The van der Waals surface area contributed by atoms with Crippen molar-refractivity contribution >= 4 is 17.6 Å². The monoisotopic (exact) mass is 298 g/mol. The van der Waals surface area contributed by atoms with Crippen LogP contribution in [0.4, 0.5) is 4.39 Å². The number of carboxylic acids is 1. The largest absolute Gasteiger partial charge is 0.481 e. The van der Waals surface area contributed by atoms with Crippen molar-refractivity contribution in [3.8, 4) is 11.4 Å². The Morgan fingerprint density at radius 3 is 2.80 bits per heavy atom. The van der Waals surface area contributed by atoms with Gasteiger partial charge >= 0.3 is 5.97 Å². The number of tetrazole rings is 1. The molecule has 0 aliphatic heterocycles. The summed E-state index contributed by atoms with van der Waals surface area (Å²) in [6.07, 6.45) is 0. The molecule has 0 saturated heterocycles. The summed E-state index contributed by atoms with van der Waals surface area (Å²) in [5.74, 6) is -2.03. The molecule has 0 fully saturated rings.